The lowest BCUT2D eigenvalue weighted by Gasteiger charge is -2.12. The molecule has 0 aromatic heterocycles. The van der Waals surface area contributed by atoms with Crippen molar-refractivity contribution in [1.29, 1.82) is 0 Å². The highest BCUT2D eigenvalue weighted by atomic mass is 32.2. The van der Waals surface area contributed by atoms with Crippen molar-refractivity contribution >= 4 is 16.0 Å². The molecule has 0 atom stereocenters. The van der Waals surface area contributed by atoms with Gasteiger partial charge in [-0.25, -0.2) is 17.5 Å². The molecule has 2 aromatic rings. The summed E-state index contributed by atoms with van der Waals surface area (Å²) in [6, 6.07) is 11.2. The lowest BCUT2D eigenvalue weighted by Crippen LogP contribution is -2.22. The standard InChI is InChI=1S/C17H19NO4S/c1-12-5-10-16(13(2)11-12)22-17(19)14-6-8-15(9-7-14)23(20,21)18(3)4/h5-11H,1-4H3. The van der Waals surface area contributed by atoms with Crippen LogP contribution in [0.4, 0.5) is 0 Å². The highest BCUT2D eigenvalue weighted by Gasteiger charge is 2.18. The number of carbonyl (C=O) groups excluding carboxylic acids is 1. The maximum Gasteiger partial charge on any atom is 0.343 e. The number of hydrogen-bond acceptors (Lipinski definition) is 4. The largest absolute Gasteiger partial charge is 0.423 e. The summed E-state index contributed by atoms with van der Waals surface area (Å²) in [6.45, 7) is 3.82. The fourth-order valence-corrected chi connectivity index (χ4v) is 2.95. The van der Waals surface area contributed by atoms with Crippen LogP contribution in [-0.2, 0) is 10.0 Å². The van der Waals surface area contributed by atoms with E-state index in [0.717, 1.165) is 15.4 Å². The molecule has 0 bridgehead atoms. The Morgan fingerprint density at radius 1 is 1.00 bits per heavy atom. The first-order valence-electron chi connectivity index (χ1n) is 7.04. The van der Waals surface area contributed by atoms with E-state index < -0.39 is 16.0 Å². The minimum absolute atomic E-state index is 0.130. The highest BCUT2D eigenvalue weighted by molar-refractivity contribution is 7.89. The van der Waals surface area contributed by atoms with Crippen molar-refractivity contribution in [2.24, 2.45) is 0 Å². The smallest absolute Gasteiger partial charge is 0.343 e. The second-order valence-electron chi connectivity index (χ2n) is 5.47. The number of ether oxygens (including phenoxy) is 1. The minimum Gasteiger partial charge on any atom is -0.423 e. The zero-order chi connectivity index (χ0) is 17.2. The van der Waals surface area contributed by atoms with Crippen LogP contribution in [0.1, 0.15) is 21.5 Å². The van der Waals surface area contributed by atoms with Crippen molar-refractivity contribution in [2.45, 2.75) is 18.7 Å². The molecule has 0 spiro atoms. The van der Waals surface area contributed by atoms with Crippen molar-refractivity contribution in [3.8, 4) is 5.75 Å². The van der Waals surface area contributed by atoms with Gasteiger partial charge in [0.15, 0.2) is 0 Å². The molecule has 2 aromatic carbocycles. The molecule has 0 aliphatic rings. The second kappa shape index (κ2) is 6.52. The highest BCUT2D eigenvalue weighted by Crippen LogP contribution is 2.21. The summed E-state index contributed by atoms with van der Waals surface area (Å²) in [5.74, 6) is -0.0312. The van der Waals surface area contributed by atoms with E-state index in [1.165, 1.54) is 38.4 Å². The van der Waals surface area contributed by atoms with E-state index in [4.69, 9.17) is 4.74 Å². The lowest BCUT2D eigenvalue weighted by atomic mass is 10.1. The molecule has 0 saturated carbocycles. The third kappa shape index (κ3) is 3.78. The maximum atomic E-state index is 12.2. The Hall–Kier alpha value is -2.18. The molecular weight excluding hydrogens is 314 g/mol. The summed E-state index contributed by atoms with van der Waals surface area (Å²) in [6.07, 6.45) is 0. The first-order chi connectivity index (χ1) is 10.7. The fourth-order valence-electron chi connectivity index (χ4n) is 2.05. The van der Waals surface area contributed by atoms with Gasteiger partial charge in [0, 0.05) is 14.1 Å². The Morgan fingerprint density at radius 2 is 1.61 bits per heavy atom. The summed E-state index contributed by atoms with van der Waals surface area (Å²) < 4.78 is 30.5. The van der Waals surface area contributed by atoms with E-state index in [1.54, 1.807) is 6.07 Å². The number of rotatable bonds is 4. The first kappa shape index (κ1) is 17.2. The van der Waals surface area contributed by atoms with Crippen LogP contribution in [0, 0.1) is 13.8 Å². The number of sulfonamides is 1. The molecular formula is C17H19NO4S. The second-order valence-corrected chi connectivity index (χ2v) is 7.62. The molecule has 2 rings (SSSR count). The number of nitrogens with zero attached hydrogens (tertiary/aromatic N) is 1. The molecule has 0 heterocycles. The summed E-state index contributed by atoms with van der Waals surface area (Å²) >= 11 is 0. The normalized spacial score (nSPS) is 11.5. The monoisotopic (exact) mass is 333 g/mol. The molecule has 5 nitrogen and oxygen atoms in total. The maximum absolute atomic E-state index is 12.2. The van der Waals surface area contributed by atoms with Crippen molar-refractivity contribution < 1.29 is 17.9 Å². The Labute approximate surface area is 136 Å². The molecule has 0 aliphatic heterocycles. The van der Waals surface area contributed by atoms with Gasteiger partial charge in [0.05, 0.1) is 10.5 Å². The van der Waals surface area contributed by atoms with Crippen molar-refractivity contribution in [2.75, 3.05) is 14.1 Å². The topological polar surface area (TPSA) is 63.7 Å². The van der Waals surface area contributed by atoms with Crippen LogP contribution in [0.3, 0.4) is 0 Å². The first-order valence-corrected chi connectivity index (χ1v) is 8.48. The molecule has 6 heteroatoms. The van der Waals surface area contributed by atoms with Crippen molar-refractivity contribution in [3.63, 3.8) is 0 Å². The van der Waals surface area contributed by atoms with Gasteiger partial charge in [0.2, 0.25) is 10.0 Å². The Bertz CT molecular complexity index is 824. The molecule has 0 N–H and O–H groups in total. The van der Waals surface area contributed by atoms with Crippen LogP contribution < -0.4 is 4.74 Å². The van der Waals surface area contributed by atoms with Crippen LogP contribution in [-0.4, -0.2) is 32.8 Å². The number of aryl methyl sites for hydroxylation is 2. The van der Waals surface area contributed by atoms with Gasteiger partial charge < -0.3 is 4.74 Å². The van der Waals surface area contributed by atoms with Gasteiger partial charge in [-0.1, -0.05) is 17.7 Å². The van der Waals surface area contributed by atoms with Crippen molar-refractivity contribution in [3.05, 3.63) is 59.2 Å². The fraction of sp³-hybridized carbons (Fsp3) is 0.235. The van der Waals surface area contributed by atoms with Crippen molar-refractivity contribution in [1.82, 2.24) is 4.31 Å². The SMILES string of the molecule is Cc1ccc(OC(=O)c2ccc(S(=O)(=O)N(C)C)cc2)c(C)c1. The van der Waals surface area contributed by atoms with Crippen LogP contribution in [0.2, 0.25) is 0 Å². The third-order valence-corrected chi connectivity index (χ3v) is 5.23. The predicted octanol–water partition coefficient (Wildman–Crippen LogP) is 2.77. The summed E-state index contributed by atoms with van der Waals surface area (Å²) in [7, 11) is -0.596. The Kier molecular flexibility index (Phi) is 4.87. The van der Waals surface area contributed by atoms with E-state index in [-0.39, 0.29) is 4.90 Å². The number of hydrogen-bond donors (Lipinski definition) is 0. The third-order valence-electron chi connectivity index (χ3n) is 3.40. The van der Waals surface area contributed by atoms with E-state index >= 15 is 0 Å². The van der Waals surface area contributed by atoms with Crippen LogP contribution in [0.25, 0.3) is 0 Å². The quantitative estimate of drug-likeness (QED) is 0.637. The van der Waals surface area contributed by atoms with E-state index in [0.29, 0.717) is 11.3 Å². The summed E-state index contributed by atoms with van der Waals surface area (Å²) in [5.41, 5.74) is 2.24. The summed E-state index contributed by atoms with van der Waals surface area (Å²) in [5, 5.41) is 0. The molecule has 23 heavy (non-hydrogen) atoms. The number of benzene rings is 2. The average molecular weight is 333 g/mol. The number of esters is 1. The summed E-state index contributed by atoms with van der Waals surface area (Å²) in [4.78, 5) is 12.3. The van der Waals surface area contributed by atoms with Gasteiger partial charge in [0.25, 0.3) is 0 Å². The zero-order valence-electron chi connectivity index (χ0n) is 13.5. The van der Waals surface area contributed by atoms with Gasteiger partial charge in [-0.3, -0.25) is 0 Å². The van der Waals surface area contributed by atoms with E-state index in [9.17, 15) is 13.2 Å². The van der Waals surface area contributed by atoms with Gasteiger partial charge in [-0.15, -0.1) is 0 Å². The minimum atomic E-state index is -3.51. The number of carbonyl (C=O) groups is 1. The molecule has 0 aliphatic carbocycles. The average Bonchev–Trinajstić information content (AvgIpc) is 2.50. The van der Waals surface area contributed by atoms with Crippen LogP contribution in [0.5, 0.6) is 5.75 Å². The molecule has 0 saturated heterocycles. The van der Waals surface area contributed by atoms with Gasteiger partial charge in [0.1, 0.15) is 5.75 Å². The van der Waals surface area contributed by atoms with Gasteiger partial charge in [-0.05, 0) is 49.7 Å². The van der Waals surface area contributed by atoms with Gasteiger partial charge >= 0.3 is 5.97 Å². The van der Waals surface area contributed by atoms with E-state index in [2.05, 4.69) is 0 Å². The predicted molar refractivity (Wildman–Crippen MR) is 88.2 cm³/mol. The van der Waals surface area contributed by atoms with E-state index in [1.807, 2.05) is 26.0 Å². The molecule has 0 fully saturated rings. The molecule has 0 radical (unpaired) electrons. The molecule has 122 valence electrons. The zero-order valence-corrected chi connectivity index (χ0v) is 14.3. The van der Waals surface area contributed by atoms with Crippen LogP contribution in [0.15, 0.2) is 47.4 Å². The Morgan fingerprint density at radius 3 is 2.13 bits per heavy atom. The Balaban J connectivity index is 2.21. The molecule has 0 amide bonds. The molecule has 0 unspecified atom stereocenters. The van der Waals surface area contributed by atoms with Crippen LogP contribution >= 0.6 is 0 Å². The van der Waals surface area contributed by atoms with Gasteiger partial charge in [-0.2, -0.15) is 0 Å². The lowest BCUT2D eigenvalue weighted by molar-refractivity contribution is 0.0733.